The maximum atomic E-state index is 12.9. The van der Waals surface area contributed by atoms with E-state index in [9.17, 15) is 9.18 Å². The van der Waals surface area contributed by atoms with Crippen molar-refractivity contribution in [2.45, 2.75) is 6.54 Å². The van der Waals surface area contributed by atoms with E-state index in [0.717, 1.165) is 5.56 Å². The summed E-state index contributed by atoms with van der Waals surface area (Å²) >= 11 is 0. The van der Waals surface area contributed by atoms with Gasteiger partial charge < -0.3 is 10.6 Å². The van der Waals surface area contributed by atoms with Crippen LogP contribution in [0.25, 0.3) is 0 Å². The summed E-state index contributed by atoms with van der Waals surface area (Å²) in [5.41, 5.74) is 1.75. The van der Waals surface area contributed by atoms with Crippen molar-refractivity contribution in [3.05, 3.63) is 78.3 Å². The van der Waals surface area contributed by atoms with E-state index < -0.39 is 5.91 Å². The number of anilines is 2. The molecule has 3 rings (SSSR count). The number of pyridine rings is 1. The summed E-state index contributed by atoms with van der Waals surface area (Å²) in [4.78, 5) is 24.2. The molecule has 7 heteroatoms. The number of hydrogen-bond donors (Lipinski definition) is 2. The lowest BCUT2D eigenvalue weighted by Gasteiger charge is -2.08. The van der Waals surface area contributed by atoms with E-state index in [1.165, 1.54) is 30.6 Å². The van der Waals surface area contributed by atoms with Crippen molar-refractivity contribution in [2.24, 2.45) is 0 Å². The van der Waals surface area contributed by atoms with Gasteiger partial charge in [-0.1, -0.05) is 0 Å². The highest BCUT2D eigenvalue weighted by Gasteiger charge is 2.09. The minimum atomic E-state index is -0.393. The second-order valence-corrected chi connectivity index (χ2v) is 4.96. The molecule has 0 atom stereocenters. The van der Waals surface area contributed by atoms with Crippen LogP contribution in [0, 0.1) is 5.82 Å². The predicted molar refractivity (Wildman–Crippen MR) is 87.9 cm³/mol. The number of nitrogens with zero attached hydrogens (tertiary/aromatic N) is 3. The summed E-state index contributed by atoms with van der Waals surface area (Å²) < 4.78 is 12.9. The normalized spacial score (nSPS) is 10.2. The number of hydrogen-bond acceptors (Lipinski definition) is 5. The van der Waals surface area contributed by atoms with Gasteiger partial charge in [-0.3, -0.25) is 9.78 Å². The number of aromatic nitrogens is 3. The predicted octanol–water partition coefficient (Wildman–Crippen LogP) is 2.88. The molecule has 0 unspecified atom stereocenters. The molecule has 0 saturated heterocycles. The molecule has 3 aromatic rings. The van der Waals surface area contributed by atoms with E-state index in [0.29, 0.717) is 18.1 Å². The molecular weight excluding hydrogens is 309 g/mol. The van der Waals surface area contributed by atoms with Gasteiger partial charge in [-0.25, -0.2) is 14.4 Å². The lowest BCUT2D eigenvalue weighted by Crippen LogP contribution is -2.14. The molecule has 1 aromatic carbocycles. The smallest absolute Gasteiger partial charge is 0.274 e. The van der Waals surface area contributed by atoms with Crippen LogP contribution in [0.15, 0.2) is 61.2 Å². The number of halogens is 1. The van der Waals surface area contributed by atoms with Crippen molar-refractivity contribution in [2.75, 3.05) is 10.6 Å². The first-order valence-corrected chi connectivity index (χ1v) is 7.22. The monoisotopic (exact) mass is 323 g/mol. The van der Waals surface area contributed by atoms with Crippen LogP contribution < -0.4 is 10.6 Å². The Balaban J connectivity index is 1.65. The van der Waals surface area contributed by atoms with Crippen molar-refractivity contribution >= 4 is 17.4 Å². The number of carbonyl (C=O) groups is 1. The average molecular weight is 323 g/mol. The Kier molecular flexibility index (Phi) is 4.71. The van der Waals surface area contributed by atoms with Gasteiger partial charge in [0, 0.05) is 30.7 Å². The van der Waals surface area contributed by atoms with E-state index in [2.05, 4.69) is 25.6 Å². The Morgan fingerprint density at radius 3 is 2.54 bits per heavy atom. The lowest BCUT2D eigenvalue weighted by molar-refractivity contribution is 0.102. The number of carbonyl (C=O) groups excluding carboxylic acids is 1. The van der Waals surface area contributed by atoms with Crippen molar-refractivity contribution in [1.29, 1.82) is 0 Å². The summed E-state index contributed by atoms with van der Waals surface area (Å²) in [7, 11) is 0. The molecule has 2 aromatic heterocycles. The first-order valence-electron chi connectivity index (χ1n) is 7.22. The van der Waals surface area contributed by atoms with Gasteiger partial charge in [0.1, 0.15) is 23.7 Å². The molecule has 24 heavy (non-hydrogen) atoms. The first kappa shape index (κ1) is 15.5. The minimum Gasteiger partial charge on any atom is -0.366 e. The van der Waals surface area contributed by atoms with Crippen molar-refractivity contribution < 1.29 is 9.18 Å². The van der Waals surface area contributed by atoms with Crippen LogP contribution >= 0.6 is 0 Å². The van der Waals surface area contributed by atoms with Gasteiger partial charge in [-0.15, -0.1) is 0 Å². The zero-order valence-electron chi connectivity index (χ0n) is 12.6. The highest BCUT2D eigenvalue weighted by Crippen LogP contribution is 2.11. The zero-order valence-corrected chi connectivity index (χ0v) is 12.6. The fraction of sp³-hybridized carbons (Fsp3) is 0.0588. The van der Waals surface area contributed by atoms with Gasteiger partial charge in [0.05, 0.1) is 0 Å². The molecule has 0 radical (unpaired) electrons. The fourth-order valence-corrected chi connectivity index (χ4v) is 2.00. The molecule has 0 aliphatic carbocycles. The minimum absolute atomic E-state index is 0.214. The SMILES string of the molecule is O=C(Nc1ccc(F)cc1)c1cc(NCc2ccncc2)ncn1. The van der Waals surface area contributed by atoms with E-state index >= 15 is 0 Å². The Bertz CT molecular complexity index is 824. The Labute approximate surface area is 137 Å². The van der Waals surface area contributed by atoms with E-state index in [1.54, 1.807) is 18.5 Å². The molecule has 1 amide bonds. The molecule has 0 spiro atoms. The van der Waals surface area contributed by atoms with Crippen LogP contribution in [-0.2, 0) is 6.54 Å². The molecule has 0 aliphatic heterocycles. The number of nitrogens with one attached hydrogen (secondary N) is 2. The largest absolute Gasteiger partial charge is 0.366 e. The highest BCUT2D eigenvalue weighted by atomic mass is 19.1. The van der Waals surface area contributed by atoms with Crippen molar-refractivity contribution in [1.82, 2.24) is 15.0 Å². The summed E-state index contributed by atoms with van der Waals surface area (Å²) in [5, 5.41) is 5.77. The molecule has 0 saturated carbocycles. The van der Waals surface area contributed by atoms with E-state index in [1.807, 2.05) is 12.1 Å². The van der Waals surface area contributed by atoms with Crippen molar-refractivity contribution in [3.8, 4) is 0 Å². The Morgan fingerprint density at radius 2 is 1.79 bits per heavy atom. The van der Waals surface area contributed by atoms with Crippen LogP contribution in [-0.4, -0.2) is 20.9 Å². The number of amides is 1. The topological polar surface area (TPSA) is 79.8 Å². The van der Waals surface area contributed by atoms with Crippen LogP contribution in [0.4, 0.5) is 15.9 Å². The molecule has 2 heterocycles. The highest BCUT2D eigenvalue weighted by molar-refractivity contribution is 6.03. The Hall–Kier alpha value is -3.35. The zero-order chi connectivity index (χ0) is 16.8. The van der Waals surface area contributed by atoms with Crippen LogP contribution in [0.3, 0.4) is 0 Å². The molecule has 0 fully saturated rings. The van der Waals surface area contributed by atoms with Gasteiger partial charge in [-0.05, 0) is 42.0 Å². The standard InChI is InChI=1S/C17H14FN5O/c18-13-1-3-14(4-2-13)23-17(24)15-9-16(22-11-21-15)20-10-12-5-7-19-8-6-12/h1-9,11H,10H2,(H,23,24)(H,20,21,22). The first-order chi connectivity index (χ1) is 11.7. The average Bonchev–Trinajstić information content (AvgIpc) is 2.63. The molecule has 2 N–H and O–H groups in total. The van der Waals surface area contributed by atoms with E-state index in [-0.39, 0.29) is 11.5 Å². The quantitative estimate of drug-likeness (QED) is 0.755. The summed E-state index contributed by atoms with van der Waals surface area (Å²) in [6, 6.07) is 10.8. The molecule has 0 aliphatic rings. The molecule has 0 bridgehead atoms. The second kappa shape index (κ2) is 7.28. The van der Waals surface area contributed by atoms with Gasteiger partial charge in [-0.2, -0.15) is 0 Å². The third-order valence-corrected chi connectivity index (χ3v) is 3.22. The van der Waals surface area contributed by atoms with Crippen LogP contribution in [0.2, 0.25) is 0 Å². The maximum absolute atomic E-state index is 12.9. The Morgan fingerprint density at radius 1 is 1.04 bits per heavy atom. The summed E-state index contributed by atoms with van der Waals surface area (Å²) in [6.07, 6.45) is 4.73. The molecular formula is C17H14FN5O. The van der Waals surface area contributed by atoms with Gasteiger partial charge in [0.15, 0.2) is 0 Å². The summed E-state index contributed by atoms with van der Waals surface area (Å²) in [5.74, 6) is -0.223. The molecule has 120 valence electrons. The second-order valence-electron chi connectivity index (χ2n) is 4.96. The lowest BCUT2D eigenvalue weighted by atomic mass is 10.2. The third kappa shape index (κ3) is 4.10. The van der Waals surface area contributed by atoms with E-state index in [4.69, 9.17) is 0 Å². The van der Waals surface area contributed by atoms with Crippen molar-refractivity contribution in [3.63, 3.8) is 0 Å². The van der Waals surface area contributed by atoms with Crippen LogP contribution in [0.1, 0.15) is 16.1 Å². The van der Waals surface area contributed by atoms with Crippen LogP contribution in [0.5, 0.6) is 0 Å². The van der Waals surface area contributed by atoms with Gasteiger partial charge in [0.2, 0.25) is 0 Å². The van der Waals surface area contributed by atoms with Gasteiger partial charge >= 0.3 is 0 Å². The summed E-state index contributed by atoms with van der Waals surface area (Å²) in [6.45, 7) is 0.554. The fourth-order valence-electron chi connectivity index (χ4n) is 2.00. The maximum Gasteiger partial charge on any atom is 0.274 e. The number of rotatable bonds is 5. The van der Waals surface area contributed by atoms with Gasteiger partial charge in [0.25, 0.3) is 5.91 Å². The molecule has 6 nitrogen and oxygen atoms in total. The number of benzene rings is 1. The third-order valence-electron chi connectivity index (χ3n) is 3.22.